The molecule has 0 saturated heterocycles. The van der Waals surface area contributed by atoms with Gasteiger partial charge in [-0.05, 0) is 71.3 Å². The molecule has 8 aromatic carbocycles. The van der Waals surface area contributed by atoms with Gasteiger partial charge < -0.3 is 37.6 Å². The predicted molar refractivity (Wildman–Crippen MR) is 395 cm³/mol. The minimum absolute atomic E-state index is 0. The minimum Gasteiger partial charge on any atom is -0.457 e. The molecule has 492 valence electrons. The summed E-state index contributed by atoms with van der Waals surface area (Å²) >= 11 is 0. The third kappa shape index (κ3) is 15.2. The van der Waals surface area contributed by atoms with Crippen LogP contribution in [-0.2, 0) is 80.4 Å². The number of nitrogens with zero attached hydrogens (tertiary/aromatic N) is 4. The number of hydrogen-bond acceptors (Lipinski definition) is 8. The monoisotopic (exact) mass is 2040 g/mol. The Morgan fingerprint density at radius 1 is 0.302 bits per heavy atom. The fraction of sp³-hybridized carbons (Fsp3) is 0.150. The van der Waals surface area contributed by atoms with Gasteiger partial charge in [0.25, 0.3) is 0 Å². The molecule has 4 radical (unpaired) electrons. The Hall–Kier alpha value is -6.98. The van der Waals surface area contributed by atoms with E-state index in [0.717, 1.165) is 133 Å². The van der Waals surface area contributed by atoms with Crippen molar-refractivity contribution < 1.29 is 98.1 Å². The first-order chi connectivity index (χ1) is 44.2. The van der Waals surface area contributed by atoms with Gasteiger partial charge in [-0.15, -0.1) is 140 Å². The van der Waals surface area contributed by atoms with E-state index in [9.17, 15) is 0 Å². The van der Waals surface area contributed by atoms with Crippen LogP contribution in [0.5, 0.6) is 0 Å². The fourth-order valence-electron chi connectivity index (χ4n) is 11.9. The van der Waals surface area contributed by atoms with Gasteiger partial charge in [-0.2, -0.15) is 0 Å². The number of para-hydroxylation sites is 4. The Labute approximate surface area is 619 Å². The molecule has 96 heavy (non-hydrogen) atoms. The molecule has 16 rings (SSSR count). The molecular formula is C80H72Ir4N4O4Si4-4. The minimum atomic E-state index is -1.50. The van der Waals surface area contributed by atoms with Crippen LogP contribution in [0, 0.1) is 24.3 Å². The summed E-state index contributed by atoms with van der Waals surface area (Å²) in [5.41, 5.74) is 15.2. The zero-order chi connectivity index (χ0) is 64.1. The second-order valence-corrected chi connectivity index (χ2v) is 47.7. The molecule has 8 nitrogen and oxygen atoms in total. The van der Waals surface area contributed by atoms with Gasteiger partial charge in [0.05, 0.1) is 16.1 Å². The van der Waals surface area contributed by atoms with Crippen LogP contribution in [0.3, 0.4) is 0 Å². The average molecular weight is 2030 g/mol. The molecule has 8 aromatic heterocycles. The first-order valence-corrected chi connectivity index (χ1v) is 45.3. The number of aromatic nitrogens is 4. The standard InChI is InChI=1S/4C20H18NOSi.4Ir/c1-23(2,3)18-11-7-5-9-15(18)20-19-14-8-4-6-10-16(14)22-17(19)12-13-21-20;2*1-23(2,3)15-8-6-7-14(13-15)20-19-16-9-4-5-10-17(16)22-18(19)11-12-21-20;1-23(2,3)15-10-8-14(9-11-15)20-19-16-6-4-5-7-17(16)22-18(19)12-13-21-20;;;;/h4-8,10-13H,1-3H3;4-6,8-13H,1-3H3;4-12H,1-3H3;4-8,10-13H,1-3H3;;;;/q4*-1;;;;. The van der Waals surface area contributed by atoms with E-state index in [4.69, 9.17) is 22.7 Å². The molecule has 0 spiro atoms. The molecule has 0 amide bonds. The van der Waals surface area contributed by atoms with Crippen molar-refractivity contribution in [3.63, 3.8) is 0 Å². The molecule has 16 heteroatoms. The second-order valence-electron chi connectivity index (χ2n) is 27.4. The number of furan rings is 4. The van der Waals surface area contributed by atoms with Gasteiger partial charge in [0.1, 0.15) is 44.7 Å². The molecular weight excluding hydrogens is 1960 g/mol. The average Bonchev–Trinajstić information content (AvgIpc) is 1.60. The van der Waals surface area contributed by atoms with Crippen LogP contribution in [0.1, 0.15) is 0 Å². The summed E-state index contributed by atoms with van der Waals surface area (Å²) in [6.45, 7) is 28.2. The van der Waals surface area contributed by atoms with E-state index >= 15 is 0 Å². The van der Waals surface area contributed by atoms with E-state index in [1.165, 1.54) is 20.7 Å². The van der Waals surface area contributed by atoms with Gasteiger partial charge in [0, 0.05) is 164 Å². The Morgan fingerprint density at radius 3 is 1.14 bits per heavy atom. The van der Waals surface area contributed by atoms with Crippen LogP contribution in [0.15, 0.2) is 237 Å². The number of pyridine rings is 4. The molecule has 8 heterocycles. The van der Waals surface area contributed by atoms with Gasteiger partial charge in [0.15, 0.2) is 0 Å². The first kappa shape index (κ1) is 73.3. The molecule has 0 aliphatic rings. The molecule has 0 N–H and O–H groups in total. The number of rotatable bonds is 8. The SMILES string of the molecule is C[Si](C)(C)c1[c-]c(-c2nccc3oc4ccccc4c23)ccc1.C[Si](C)(C)c1c[c-]c(-c2nccc3oc4ccccc4c23)cc1.C[Si](C)(C)c1cc[c-]c(-c2nccc3oc4ccccc4c23)c1.C[Si](C)(C)c1ccc[c-]c1-c1nccc2oc3ccccc3c12.[Ir].[Ir].[Ir].[Ir]. The summed E-state index contributed by atoms with van der Waals surface area (Å²) in [4.78, 5) is 18.6. The molecule has 0 bridgehead atoms. The van der Waals surface area contributed by atoms with Crippen molar-refractivity contribution in [2.24, 2.45) is 0 Å². The molecule has 0 atom stereocenters. The number of benzene rings is 8. The fourth-order valence-corrected chi connectivity index (χ4v) is 16.8. The Bertz CT molecular complexity index is 5220. The summed E-state index contributed by atoms with van der Waals surface area (Å²) in [5, 5.41) is 14.3. The van der Waals surface area contributed by atoms with Gasteiger partial charge in [-0.25, -0.2) is 0 Å². The van der Waals surface area contributed by atoms with Crippen molar-refractivity contribution in [3.8, 4) is 45.0 Å². The zero-order valence-corrected chi connectivity index (χ0v) is 69.1. The van der Waals surface area contributed by atoms with E-state index < -0.39 is 32.3 Å². The van der Waals surface area contributed by atoms with E-state index in [2.05, 4.69) is 203 Å². The quantitative estimate of drug-likeness (QED) is 0.109. The van der Waals surface area contributed by atoms with Crippen LogP contribution >= 0.6 is 0 Å². The zero-order valence-electron chi connectivity index (χ0n) is 55.5. The van der Waals surface area contributed by atoms with E-state index in [-0.39, 0.29) is 80.4 Å². The van der Waals surface area contributed by atoms with E-state index in [1.807, 2.05) is 128 Å². The maximum atomic E-state index is 6.00. The van der Waals surface area contributed by atoms with Crippen molar-refractivity contribution >= 4 is 141 Å². The maximum Gasteiger partial charge on any atom is 0.134 e. The molecule has 0 saturated carbocycles. The molecule has 0 aliphatic heterocycles. The van der Waals surface area contributed by atoms with Crippen LogP contribution in [0.25, 0.3) is 133 Å². The summed E-state index contributed by atoms with van der Waals surface area (Å²) in [7, 11) is -5.59. The Balaban J connectivity index is 0.000000148. The summed E-state index contributed by atoms with van der Waals surface area (Å²) < 4.78 is 23.9. The molecule has 0 unspecified atom stereocenters. The third-order valence-electron chi connectivity index (χ3n) is 16.8. The summed E-state index contributed by atoms with van der Waals surface area (Å²) in [6, 6.07) is 79.7. The Morgan fingerprint density at radius 2 is 0.719 bits per heavy atom. The molecule has 16 aromatic rings. The molecule has 0 fully saturated rings. The van der Waals surface area contributed by atoms with E-state index in [0.29, 0.717) is 0 Å². The van der Waals surface area contributed by atoms with Crippen molar-refractivity contribution in [3.05, 3.63) is 243 Å². The first-order valence-electron chi connectivity index (χ1n) is 31.3. The van der Waals surface area contributed by atoms with Gasteiger partial charge in [-0.1, -0.05) is 151 Å². The maximum absolute atomic E-state index is 6.00. The van der Waals surface area contributed by atoms with Crippen molar-refractivity contribution in [1.82, 2.24) is 19.9 Å². The topological polar surface area (TPSA) is 104 Å². The van der Waals surface area contributed by atoms with Crippen LogP contribution < -0.4 is 20.7 Å². The smallest absolute Gasteiger partial charge is 0.134 e. The van der Waals surface area contributed by atoms with Crippen LogP contribution in [-0.4, -0.2) is 52.2 Å². The third-order valence-corrected chi connectivity index (χ3v) is 24.8. The van der Waals surface area contributed by atoms with Crippen molar-refractivity contribution in [2.45, 2.75) is 78.6 Å². The summed E-state index contributed by atoms with van der Waals surface area (Å²) in [5.74, 6) is 0. The van der Waals surface area contributed by atoms with Crippen molar-refractivity contribution in [2.75, 3.05) is 0 Å². The summed E-state index contributed by atoms with van der Waals surface area (Å²) in [6.07, 6.45) is 7.26. The van der Waals surface area contributed by atoms with Gasteiger partial charge in [-0.3, -0.25) is 0 Å². The van der Waals surface area contributed by atoms with Crippen molar-refractivity contribution in [1.29, 1.82) is 0 Å². The van der Waals surface area contributed by atoms with Crippen LogP contribution in [0.4, 0.5) is 0 Å². The van der Waals surface area contributed by atoms with E-state index in [1.54, 1.807) is 6.20 Å². The molecule has 0 aliphatic carbocycles. The predicted octanol–water partition coefficient (Wildman–Crippen LogP) is 20.0. The largest absolute Gasteiger partial charge is 0.457 e. The van der Waals surface area contributed by atoms with Gasteiger partial charge >= 0.3 is 0 Å². The van der Waals surface area contributed by atoms with Crippen LogP contribution in [0.2, 0.25) is 78.6 Å². The van der Waals surface area contributed by atoms with Gasteiger partial charge in [0.2, 0.25) is 0 Å². The second kappa shape index (κ2) is 30.0. The Kier molecular flexibility index (Phi) is 22.9. The normalized spacial score (nSPS) is 11.6. The number of hydrogen-bond donors (Lipinski definition) is 0. The number of fused-ring (bicyclic) bond motifs is 12.